The van der Waals surface area contributed by atoms with Crippen molar-refractivity contribution in [3.63, 3.8) is 0 Å². The summed E-state index contributed by atoms with van der Waals surface area (Å²) in [6, 6.07) is 9.59. The average molecular weight is 702 g/mol. The van der Waals surface area contributed by atoms with Crippen LogP contribution in [0.5, 0.6) is 0 Å². The molecule has 1 aliphatic heterocycles. The molecule has 0 radical (unpaired) electrons. The van der Waals surface area contributed by atoms with E-state index in [9.17, 15) is 14.0 Å². The molecule has 1 amide bonds. The number of halogens is 3. The van der Waals surface area contributed by atoms with Gasteiger partial charge in [0.1, 0.15) is 21.0 Å². The Kier molecular flexibility index (Phi) is 8.26. The largest absolute Gasteiger partial charge is 0.384 e. The monoisotopic (exact) mass is 701 g/mol. The SMILES string of the molecule is C=CC(=O)N1CCN(c2nc(=O)n(-c3c(C)cc(N)nc3CCC)c3nc(-c4ccccc4F)c(Cl)cc23)[C@@](C)(I)C1. The minimum atomic E-state index is -0.629. The number of benzene rings is 1. The predicted octanol–water partition coefficient (Wildman–Crippen LogP) is 5.46. The van der Waals surface area contributed by atoms with Crippen molar-refractivity contribution in [3.8, 4) is 16.9 Å². The molecule has 1 aliphatic rings. The van der Waals surface area contributed by atoms with Crippen molar-refractivity contribution >= 4 is 62.8 Å². The van der Waals surface area contributed by atoms with Gasteiger partial charge in [-0.2, -0.15) is 4.98 Å². The second-order valence-corrected chi connectivity index (χ2v) is 13.1. The molecule has 42 heavy (non-hydrogen) atoms. The molecule has 0 bridgehead atoms. The van der Waals surface area contributed by atoms with E-state index in [0.29, 0.717) is 54.5 Å². The number of nitrogen functional groups attached to an aromatic ring is 1. The van der Waals surface area contributed by atoms with Crippen molar-refractivity contribution in [1.29, 1.82) is 0 Å². The molecule has 4 heterocycles. The molecule has 1 fully saturated rings. The fourth-order valence-corrected chi connectivity index (χ4v) is 6.58. The van der Waals surface area contributed by atoms with Crippen LogP contribution in [0.15, 0.2) is 53.8 Å². The lowest BCUT2D eigenvalue weighted by Crippen LogP contribution is -2.59. The Labute approximate surface area is 261 Å². The number of rotatable bonds is 6. The van der Waals surface area contributed by atoms with Crippen LogP contribution in [-0.2, 0) is 11.2 Å². The highest BCUT2D eigenvalue weighted by molar-refractivity contribution is 14.1. The Morgan fingerprint density at radius 3 is 2.64 bits per heavy atom. The number of hydrogen-bond donors (Lipinski definition) is 1. The van der Waals surface area contributed by atoms with E-state index in [4.69, 9.17) is 22.3 Å². The van der Waals surface area contributed by atoms with E-state index in [0.717, 1.165) is 12.0 Å². The van der Waals surface area contributed by atoms with Crippen LogP contribution in [0.1, 0.15) is 31.5 Å². The molecule has 218 valence electrons. The van der Waals surface area contributed by atoms with Crippen molar-refractivity contribution in [2.24, 2.45) is 0 Å². The summed E-state index contributed by atoms with van der Waals surface area (Å²) in [6.45, 7) is 10.6. The van der Waals surface area contributed by atoms with E-state index in [1.165, 1.54) is 16.7 Å². The number of fused-ring (bicyclic) bond motifs is 1. The van der Waals surface area contributed by atoms with E-state index in [2.05, 4.69) is 39.1 Å². The highest BCUT2D eigenvalue weighted by Crippen LogP contribution is 2.39. The summed E-state index contributed by atoms with van der Waals surface area (Å²) in [7, 11) is 0. The fourth-order valence-electron chi connectivity index (χ4n) is 5.44. The van der Waals surface area contributed by atoms with Crippen LogP contribution in [-0.4, -0.2) is 53.5 Å². The molecule has 0 aliphatic carbocycles. The van der Waals surface area contributed by atoms with Crippen LogP contribution in [0, 0.1) is 12.7 Å². The number of carbonyl (C=O) groups is 1. The van der Waals surface area contributed by atoms with E-state index >= 15 is 0 Å². The lowest BCUT2D eigenvalue weighted by atomic mass is 10.1. The van der Waals surface area contributed by atoms with Gasteiger partial charge in [0.2, 0.25) is 5.91 Å². The van der Waals surface area contributed by atoms with Crippen molar-refractivity contribution in [1.82, 2.24) is 24.4 Å². The molecule has 3 aromatic heterocycles. The third kappa shape index (κ3) is 5.35. The van der Waals surface area contributed by atoms with E-state index < -0.39 is 15.1 Å². The zero-order chi connectivity index (χ0) is 30.3. The average Bonchev–Trinajstić information content (AvgIpc) is 2.93. The van der Waals surface area contributed by atoms with Gasteiger partial charge in [-0.15, -0.1) is 0 Å². The summed E-state index contributed by atoms with van der Waals surface area (Å²) in [6.07, 6.45) is 2.62. The minimum Gasteiger partial charge on any atom is -0.384 e. The summed E-state index contributed by atoms with van der Waals surface area (Å²) < 4.78 is 15.8. The second-order valence-electron chi connectivity index (χ2n) is 10.4. The van der Waals surface area contributed by atoms with Gasteiger partial charge in [0.15, 0.2) is 5.65 Å². The van der Waals surface area contributed by atoms with Crippen LogP contribution in [0.3, 0.4) is 0 Å². The molecule has 1 aromatic carbocycles. The first kappa shape index (κ1) is 29.9. The number of amides is 1. The zero-order valence-corrected chi connectivity index (χ0v) is 26.4. The molecule has 9 nitrogen and oxygen atoms in total. The van der Waals surface area contributed by atoms with Gasteiger partial charge in [0, 0.05) is 18.7 Å². The molecule has 4 aromatic rings. The van der Waals surface area contributed by atoms with E-state index in [1.807, 2.05) is 25.7 Å². The Balaban J connectivity index is 1.84. The Morgan fingerprint density at radius 2 is 1.98 bits per heavy atom. The van der Waals surface area contributed by atoms with Crippen LogP contribution < -0.4 is 16.3 Å². The predicted molar refractivity (Wildman–Crippen MR) is 173 cm³/mol. The van der Waals surface area contributed by atoms with E-state index in [-0.39, 0.29) is 27.8 Å². The lowest BCUT2D eigenvalue weighted by Gasteiger charge is -2.46. The Bertz CT molecular complexity index is 1790. The first-order chi connectivity index (χ1) is 20.0. The molecule has 0 unspecified atom stereocenters. The molecular formula is C30H30ClFIN7O2. The third-order valence-electron chi connectivity index (χ3n) is 7.29. The highest BCUT2D eigenvalue weighted by Gasteiger charge is 2.39. The standard InChI is InChI=1S/C30H30ClFIN7O2/c1-5-9-22-26(17(3)14-23(34)35-22)40-28-19(15-20(31)25(36-28)18-10-7-8-11-21(18)32)27(37-29(40)42)39-13-12-38(24(41)6-2)16-30(39,4)33/h6-8,10-11,14-15H,2,5,9,12-13,16H2,1,3-4H3,(H2,34,35)/t30-/m1/s1. The number of nitrogens with zero attached hydrogens (tertiary/aromatic N) is 6. The van der Waals surface area contributed by atoms with Crippen LogP contribution in [0.2, 0.25) is 5.02 Å². The molecule has 1 saturated heterocycles. The van der Waals surface area contributed by atoms with Crippen molar-refractivity contribution in [3.05, 3.63) is 81.6 Å². The Hall–Kier alpha value is -3.58. The van der Waals surface area contributed by atoms with Crippen LogP contribution in [0.25, 0.3) is 28.0 Å². The maximum Gasteiger partial charge on any atom is 0.355 e. The fraction of sp³-hybridized carbons (Fsp3) is 0.300. The van der Waals surface area contributed by atoms with Gasteiger partial charge in [0.05, 0.1) is 34.0 Å². The number of carbonyl (C=O) groups excluding carboxylic acids is 1. The zero-order valence-electron chi connectivity index (χ0n) is 23.5. The molecule has 12 heteroatoms. The first-order valence-corrected chi connectivity index (χ1v) is 14.9. The maximum atomic E-state index is 15.0. The minimum absolute atomic E-state index is 0.167. The summed E-state index contributed by atoms with van der Waals surface area (Å²) in [5.74, 6) is 0.0628. The normalized spacial score (nSPS) is 17.1. The van der Waals surface area contributed by atoms with Crippen LogP contribution in [0.4, 0.5) is 16.0 Å². The highest BCUT2D eigenvalue weighted by atomic mass is 127. The lowest BCUT2D eigenvalue weighted by molar-refractivity contribution is -0.126. The summed E-state index contributed by atoms with van der Waals surface area (Å²) >= 11 is 9.05. The molecule has 0 spiro atoms. The van der Waals surface area contributed by atoms with Gasteiger partial charge >= 0.3 is 5.69 Å². The molecule has 0 saturated carbocycles. The second kappa shape index (κ2) is 11.6. The quantitative estimate of drug-likeness (QED) is 0.123. The Morgan fingerprint density at radius 1 is 1.24 bits per heavy atom. The molecular weight excluding hydrogens is 672 g/mol. The van der Waals surface area contributed by atoms with Crippen LogP contribution >= 0.6 is 34.2 Å². The first-order valence-electron chi connectivity index (χ1n) is 13.5. The number of piperazine rings is 1. The van der Waals surface area contributed by atoms with Crippen molar-refractivity contribution in [2.75, 3.05) is 30.3 Å². The smallest absolute Gasteiger partial charge is 0.355 e. The summed E-state index contributed by atoms with van der Waals surface area (Å²) in [4.78, 5) is 44.1. The summed E-state index contributed by atoms with van der Waals surface area (Å²) in [5.41, 5.74) is 8.07. The summed E-state index contributed by atoms with van der Waals surface area (Å²) in [5, 5.41) is 0.710. The van der Waals surface area contributed by atoms with Crippen molar-refractivity contribution < 1.29 is 9.18 Å². The van der Waals surface area contributed by atoms with Gasteiger partial charge in [0.25, 0.3) is 0 Å². The number of pyridine rings is 2. The molecule has 2 N–H and O–H groups in total. The van der Waals surface area contributed by atoms with Gasteiger partial charge in [-0.05, 0) is 56.2 Å². The number of nitrogens with two attached hydrogens (primary N) is 1. The van der Waals surface area contributed by atoms with E-state index in [1.54, 1.807) is 35.2 Å². The molecule has 5 rings (SSSR count). The number of aryl methyl sites for hydroxylation is 2. The number of alkyl halides is 1. The van der Waals surface area contributed by atoms with Gasteiger partial charge in [-0.3, -0.25) is 4.79 Å². The van der Waals surface area contributed by atoms with Gasteiger partial charge < -0.3 is 15.5 Å². The third-order valence-corrected chi connectivity index (χ3v) is 8.51. The van der Waals surface area contributed by atoms with Crippen molar-refractivity contribution in [2.45, 2.75) is 37.2 Å². The number of hydrogen-bond acceptors (Lipinski definition) is 7. The topological polar surface area (TPSA) is 110 Å². The van der Waals surface area contributed by atoms with Gasteiger partial charge in [-0.25, -0.2) is 23.7 Å². The number of aromatic nitrogens is 4. The van der Waals surface area contributed by atoms with Gasteiger partial charge in [-0.1, -0.05) is 66.2 Å². The maximum absolute atomic E-state index is 15.0. The number of anilines is 2. The molecule has 1 atom stereocenters.